The number of aromatic nitrogens is 2. The zero-order valence-corrected chi connectivity index (χ0v) is 12.5. The first-order valence-electron chi connectivity index (χ1n) is 6.30. The minimum Gasteiger partial charge on any atom is -0.400 e. The van der Waals surface area contributed by atoms with Gasteiger partial charge in [0.05, 0.1) is 17.7 Å². The van der Waals surface area contributed by atoms with E-state index in [-0.39, 0.29) is 11.6 Å². The average molecular weight is 317 g/mol. The van der Waals surface area contributed by atoms with Crippen molar-refractivity contribution < 1.29 is 9.34 Å². The number of hydrazone groups is 1. The molecule has 0 saturated carbocycles. The van der Waals surface area contributed by atoms with E-state index < -0.39 is 4.92 Å². The summed E-state index contributed by atoms with van der Waals surface area (Å²) >= 11 is 1.59. The number of hydrogen-bond acceptors (Lipinski definition) is 8. The number of nitrogens with one attached hydrogen (secondary N) is 1. The number of hydrogen-bond donors (Lipinski definition) is 1. The third-order valence-electron chi connectivity index (χ3n) is 3.12. The van der Waals surface area contributed by atoms with Crippen LogP contribution in [0.5, 0.6) is 0 Å². The molecule has 0 aliphatic carbocycles. The van der Waals surface area contributed by atoms with E-state index in [1.165, 1.54) is 29.6 Å². The van der Waals surface area contributed by atoms with Crippen molar-refractivity contribution in [3.63, 3.8) is 0 Å². The number of rotatable bonds is 4. The predicted octanol–water partition coefficient (Wildman–Crippen LogP) is 3.26. The van der Waals surface area contributed by atoms with E-state index in [9.17, 15) is 10.1 Å². The summed E-state index contributed by atoms with van der Waals surface area (Å²) in [6.07, 6.45) is 2.82. The number of thiophene rings is 1. The van der Waals surface area contributed by atoms with Crippen LogP contribution in [-0.4, -0.2) is 21.1 Å². The molecule has 0 spiro atoms. The summed E-state index contributed by atoms with van der Waals surface area (Å²) in [6.45, 7) is 4.03. The predicted molar refractivity (Wildman–Crippen MR) is 83.5 cm³/mol. The van der Waals surface area contributed by atoms with E-state index in [2.05, 4.69) is 20.5 Å². The fourth-order valence-electron chi connectivity index (χ4n) is 1.93. The Morgan fingerprint density at radius 1 is 1.41 bits per heavy atom. The highest BCUT2D eigenvalue weighted by molar-refractivity contribution is 7.18. The van der Waals surface area contributed by atoms with Gasteiger partial charge in [-0.1, -0.05) is 0 Å². The molecule has 3 heterocycles. The Morgan fingerprint density at radius 3 is 2.95 bits per heavy atom. The molecular formula is C13H11N5O3S. The number of fused-ring (bicyclic) bond motifs is 1. The summed E-state index contributed by atoms with van der Waals surface area (Å²) in [7, 11) is 0. The second kappa shape index (κ2) is 5.53. The quantitative estimate of drug-likeness (QED) is 0.449. The topological polar surface area (TPSA) is 106 Å². The van der Waals surface area contributed by atoms with Gasteiger partial charge in [0.15, 0.2) is 11.6 Å². The van der Waals surface area contributed by atoms with Gasteiger partial charge in [-0.05, 0) is 25.5 Å². The van der Waals surface area contributed by atoms with Crippen molar-refractivity contribution in [3.05, 3.63) is 44.8 Å². The molecule has 22 heavy (non-hydrogen) atoms. The van der Waals surface area contributed by atoms with Gasteiger partial charge in [-0.15, -0.1) is 11.3 Å². The Labute approximate surface area is 128 Å². The van der Waals surface area contributed by atoms with Gasteiger partial charge < -0.3 is 4.42 Å². The third kappa shape index (κ3) is 2.53. The lowest BCUT2D eigenvalue weighted by Crippen LogP contribution is -1.95. The van der Waals surface area contributed by atoms with Crippen LogP contribution in [0.2, 0.25) is 0 Å². The molecule has 0 aliphatic rings. The molecule has 0 atom stereocenters. The minimum absolute atomic E-state index is 0.280. The second-order valence-corrected chi connectivity index (χ2v) is 5.69. The monoisotopic (exact) mass is 317 g/mol. The van der Waals surface area contributed by atoms with Gasteiger partial charge in [0.25, 0.3) is 0 Å². The van der Waals surface area contributed by atoms with Crippen LogP contribution in [0.15, 0.2) is 28.0 Å². The first-order chi connectivity index (χ1) is 10.6. The van der Waals surface area contributed by atoms with E-state index in [1.807, 2.05) is 13.8 Å². The zero-order chi connectivity index (χ0) is 15.7. The van der Waals surface area contributed by atoms with Gasteiger partial charge in [-0.25, -0.2) is 9.97 Å². The van der Waals surface area contributed by atoms with E-state index in [4.69, 9.17) is 4.42 Å². The van der Waals surface area contributed by atoms with Crippen LogP contribution in [0.3, 0.4) is 0 Å². The Morgan fingerprint density at radius 2 is 2.23 bits per heavy atom. The van der Waals surface area contributed by atoms with Crippen LogP contribution in [0.1, 0.15) is 16.2 Å². The molecule has 0 aromatic carbocycles. The number of aryl methyl sites for hydroxylation is 2. The highest BCUT2D eigenvalue weighted by Crippen LogP contribution is 2.32. The van der Waals surface area contributed by atoms with Crippen molar-refractivity contribution in [1.29, 1.82) is 0 Å². The van der Waals surface area contributed by atoms with Gasteiger partial charge in [0, 0.05) is 4.88 Å². The van der Waals surface area contributed by atoms with Crippen LogP contribution in [0, 0.1) is 24.0 Å². The van der Waals surface area contributed by atoms with E-state index in [1.54, 1.807) is 11.3 Å². The van der Waals surface area contributed by atoms with Gasteiger partial charge in [0.1, 0.15) is 16.1 Å². The first kappa shape index (κ1) is 14.1. The van der Waals surface area contributed by atoms with Crippen LogP contribution in [0.25, 0.3) is 10.2 Å². The summed E-state index contributed by atoms with van der Waals surface area (Å²) in [5, 5.41) is 15.5. The number of nitro groups is 1. The maximum Gasteiger partial charge on any atom is 0.433 e. The molecular weight excluding hydrogens is 306 g/mol. The van der Waals surface area contributed by atoms with Crippen molar-refractivity contribution >= 4 is 39.5 Å². The SMILES string of the molecule is Cc1sc2ncnc(N/N=C/c3ccc([N+](=O)[O-])o3)c2c1C. The fourth-order valence-corrected chi connectivity index (χ4v) is 2.93. The summed E-state index contributed by atoms with van der Waals surface area (Å²) in [6, 6.07) is 2.75. The summed E-state index contributed by atoms with van der Waals surface area (Å²) in [4.78, 5) is 20.4. The van der Waals surface area contributed by atoms with Gasteiger partial charge in [0.2, 0.25) is 0 Å². The highest BCUT2D eigenvalue weighted by atomic mass is 32.1. The summed E-state index contributed by atoms with van der Waals surface area (Å²) in [5.74, 6) is 0.544. The molecule has 3 aromatic rings. The molecule has 8 nitrogen and oxygen atoms in total. The molecule has 9 heteroatoms. The van der Waals surface area contributed by atoms with Crippen LogP contribution in [0.4, 0.5) is 11.7 Å². The van der Waals surface area contributed by atoms with Crippen molar-refractivity contribution in [1.82, 2.24) is 9.97 Å². The van der Waals surface area contributed by atoms with E-state index in [0.717, 1.165) is 15.8 Å². The van der Waals surface area contributed by atoms with E-state index >= 15 is 0 Å². The summed E-state index contributed by atoms with van der Waals surface area (Å²) < 4.78 is 4.98. The molecule has 112 valence electrons. The number of anilines is 1. The number of furan rings is 1. The van der Waals surface area contributed by atoms with E-state index in [0.29, 0.717) is 5.82 Å². The molecule has 0 bridgehead atoms. The Hall–Kier alpha value is -2.81. The molecule has 3 rings (SSSR count). The lowest BCUT2D eigenvalue weighted by Gasteiger charge is -2.01. The fraction of sp³-hybridized carbons (Fsp3) is 0.154. The normalized spacial score (nSPS) is 11.4. The van der Waals surface area contributed by atoms with Crippen LogP contribution in [-0.2, 0) is 0 Å². The third-order valence-corrected chi connectivity index (χ3v) is 4.24. The van der Waals surface area contributed by atoms with Crippen LogP contribution < -0.4 is 5.43 Å². The van der Waals surface area contributed by atoms with Gasteiger partial charge >= 0.3 is 5.88 Å². The lowest BCUT2D eigenvalue weighted by molar-refractivity contribution is -0.402. The largest absolute Gasteiger partial charge is 0.433 e. The molecule has 0 aliphatic heterocycles. The number of nitrogens with zero attached hydrogens (tertiary/aromatic N) is 4. The summed E-state index contributed by atoms with van der Waals surface area (Å²) in [5.41, 5.74) is 3.93. The molecule has 0 saturated heterocycles. The maximum atomic E-state index is 10.5. The highest BCUT2D eigenvalue weighted by Gasteiger charge is 2.12. The Balaban J connectivity index is 1.84. The van der Waals surface area contributed by atoms with Crippen molar-refractivity contribution in [2.24, 2.45) is 5.10 Å². The molecule has 0 radical (unpaired) electrons. The zero-order valence-electron chi connectivity index (χ0n) is 11.7. The average Bonchev–Trinajstić information content (AvgIpc) is 3.06. The molecule has 0 unspecified atom stereocenters. The lowest BCUT2D eigenvalue weighted by atomic mass is 10.2. The Bertz CT molecular complexity index is 883. The first-order valence-corrected chi connectivity index (χ1v) is 7.12. The molecule has 3 aromatic heterocycles. The second-order valence-electron chi connectivity index (χ2n) is 4.49. The molecule has 1 N–H and O–H groups in total. The molecule has 0 fully saturated rings. The standard InChI is InChI=1S/C13H11N5O3S/c1-7-8(2)22-13-11(7)12(14-6-15-13)17-16-5-9-3-4-10(21-9)18(19)20/h3-6H,1-2H3,(H,14,15,17)/b16-5+. The van der Waals surface area contributed by atoms with Crippen molar-refractivity contribution in [2.75, 3.05) is 5.43 Å². The minimum atomic E-state index is -0.601. The van der Waals surface area contributed by atoms with Gasteiger partial charge in [-0.3, -0.25) is 15.5 Å². The van der Waals surface area contributed by atoms with Crippen LogP contribution >= 0.6 is 11.3 Å². The molecule has 0 amide bonds. The van der Waals surface area contributed by atoms with Crippen molar-refractivity contribution in [2.45, 2.75) is 13.8 Å². The Kier molecular flexibility index (Phi) is 3.55. The maximum absolute atomic E-state index is 10.5. The van der Waals surface area contributed by atoms with Gasteiger partial charge in [-0.2, -0.15) is 5.10 Å². The van der Waals surface area contributed by atoms with Crippen molar-refractivity contribution in [3.8, 4) is 0 Å². The smallest absolute Gasteiger partial charge is 0.400 e.